The summed E-state index contributed by atoms with van der Waals surface area (Å²) in [6.45, 7) is 6.37. The molecule has 2 aromatic rings. The third-order valence-corrected chi connectivity index (χ3v) is 3.02. The number of fused-ring (bicyclic) bond motifs is 1. The molecule has 5 nitrogen and oxygen atoms in total. The Morgan fingerprint density at radius 3 is 2.60 bits per heavy atom. The van der Waals surface area contributed by atoms with Gasteiger partial charge in [0.1, 0.15) is 5.65 Å². The van der Waals surface area contributed by atoms with Crippen molar-refractivity contribution in [3.05, 3.63) is 34.7 Å². The molecule has 20 heavy (non-hydrogen) atoms. The molecule has 0 saturated heterocycles. The molecule has 0 atom stereocenters. The van der Waals surface area contributed by atoms with Gasteiger partial charge in [0.25, 0.3) is 0 Å². The van der Waals surface area contributed by atoms with E-state index in [0.29, 0.717) is 6.54 Å². The van der Waals surface area contributed by atoms with E-state index in [4.69, 9.17) is 0 Å². The molecule has 0 aliphatic carbocycles. The molecule has 0 fully saturated rings. The van der Waals surface area contributed by atoms with Crippen molar-refractivity contribution in [3.8, 4) is 0 Å². The van der Waals surface area contributed by atoms with Crippen molar-refractivity contribution in [3.63, 3.8) is 0 Å². The molecular weight excluding hydrogens is 433 g/mol. The number of imidazole rings is 1. The molecule has 0 saturated carbocycles. The Morgan fingerprint density at radius 1 is 1.25 bits per heavy atom. The van der Waals surface area contributed by atoms with Crippen molar-refractivity contribution in [2.45, 2.75) is 20.4 Å². The molecular formula is C13H19BrIN5. The fraction of sp³-hybridized carbons (Fsp3) is 0.385. The summed E-state index contributed by atoms with van der Waals surface area (Å²) < 4.78 is 3.03. The number of guanidine groups is 1. The number of halogens is 2. The van der Waals surface area contributed by atoms with E-state index in [1.165, 1.54) is 0 Å². The number of hydrogen-bond donors (Lipinski definition) is 2. The number of aliphatic imine (C=N–C) groups is 1. The monoisotopic (exact) mass is 451 g/mol. The van der Waals surface area contributed by atoms with Gasteiger partial charge in [-0.3, -0.25) is 0 Å². The fourth-order valence-electron chi connectivity index (χ4n) is 1.76. The van der Waals surface area contributed by atoms with Crippen LogP contribution in [-0.4, -0.2) is 28.4 Å². The molecule has 0 bridgehead atoms. The molecule has 0 unspecified atom stereocenters. The second-order valence-corrected chi connectivity index (χ2v) is 4.99. The summed E-state index contributed by atoms with van der Waals surface area (Å²) in [5.74, 6) is 0.822. The van der Waals surface area contributed by atoms with Crippen LogP contribution in [0.2, 0.25) is 0 Å². The highest BCUT2D eigenvalue weighted by molar-refractivity contribution is 14.0. The minimum Gasteiger partial charge on any atom is -0.357 e. The van der Waals surface area contributed by atoms with Gasteiger partial charge >= 0.3 is 0 Å². The van der Waals surface area contributed by atoms with E-state index in [1.807, 2.05) is 28.9 Å². The average Bonchev–Trinajstić information content (AvgIpc) is 2.78. The maximum absolute atomic E-state index is 4.53. The van der Waals surface area contributed by atoms with Gasteiger partial charge in [0.2, 0.25) is 0 Å². The third-order valence-electron chi connectivity index (χ3n) is 2.55. The van der Waals surface area contributed by atoms with E-state index in [1.54, 1.807) is 0 Å². The first kappa shape index (κ1) is 17.2. The van der Waals surface area contributed by atoms with Crippen LogP contribution in [0.5, 0.6) is 0 Å². The Labute approximate surface area is 144 Å². The largest absolute Gasteiger partial charge is 0.357 e. The Bertz CT molecular complexity index is 573. The first-order valence-corrected chi connectivity index (χ1v) is 7.17. The topological polar surface area (TPSA) is 53.7 Å². The molecule has 0 aromatic carbocycles. The van der Waals surface area contributed by atoms with Gasteiger partial charge in [0.15, 0.2) is 5.96 Å². The second-order valence-electron chi connectivity index (χ2n) is 4.07. The summed E-state index contributed by atoms with van der Waals surface area (Å²) in [6, 6.07) is 3.96. The predicted molar refractivity (Wildman–Crippen MR) is 96.8 cm³/mol. The Kier molecular flexibility index (Phi) is 7.28. The van der Waals surface area contributed by atoms with Gasteiger partial charge in [-0.25, -0.2) is 9.98 Å². The van der Waals surface area contributed by atoms with Gasteiger partial charge in [-0.2, -0.15) is 0 Å². The van der Waals surface area contributed by atoms with Gasteiger partial charge < -0.3 is 15.0 Å². The summed E-state index contributed by atoms with van der Waals surface area (Å²) in [5, 5.41) is 6.39. The molecule has 2 aromatic heterocycles. The van der Waals surface area contributed by atoms with Gasteiger partial charge in [0, 0.05) is 30.0 Å². The zero-order valence-electron chi connectivity index (χ0n) is 11.6. The van der Waals surface area contributed by atoms with Crippen molar-refractivity contribution >= 4 is 51.5 Å². The number of nitrogens with one attached hydrogen (secondary N) is 2. The third kappa shape index (κ3) is 4.62. The number of rotatable bonds is 4. The van der Waals surface area contributed by atoms with Gasteiger partial charge in [-0.15, -0.1) is 24.0 Å². The van der Waals surface area contributed by atoms with Crippen LogP contribution in [-0.2, 0) is 6.54 Å². The summed E-state index contributed by atoms with van der Waals surface area (Å²) in [4.78, 5) is 9.02. The molecule has 2 heterocycles. The predicted octanol–water partition coefficient (Wildman–Crippen LogP) is 2.79. The van der Waals surface area contributed by atoms with Crippen molar-refractivity contribution in [2.75, 3.05) is 13.1 Å². The van der Waals surface area contributed by atoms with E-state index in [-0.39, 0.29) is 24.0 Å². The lowest BCUT2D eigenvalue weighted by molar-refractivity contribution is 0.835. The average molecular weight is 452 g/mol. The molecule has 0 radical (unpaired) electrons. The van der Waals surface area contributed by atoms with Crippen LogP contribution >= 0.6 is 39.9 Å². The minimum absolute atomic E-state index is 0. The standard InChI is InChI=1S/C13H18BrN5.HI/c1-3-15-13(16-4-2)17-7-11-9-19-8-10(14)5-6-12(19)18-11;/h5-6,8-9H,3-4,7H2,1-2H3,(H2,15,16,17);1H. The van der Waals surface area contributed by atoms with Crippen molar-refractivity contribution in [1.82, 2.24) is 20.0 Å². The van der Waals surface area contributed by atoms with Crippen LogP contribution < -0.4 is 10.6 Å². The minimum atomic E-state index is 0. The van der Waals surface area contributed by atoms with Gasteiger partial charge in [0.05, 0.1) is 12.2 Å². The maximum atomic E-state index is 4.53. The van der Waals surface area contributed by atoms with Crippen molar-refractivity contribution in [2.24, 2.45) is 4.99 Å². The lowest BCUT2D eigenvalue weighted by Gasteiger charge is -2.08. The van der Waals surface area contributed by atoms with Crippen LogP contribution in [0.4, 0.5) is 0 Å². The maximum Gasteiger partial charge on any atom is 0.191 e. The molecule has 0 aliphatic rings. The SMILES string of the molecule is CCNC(=NCc1cn2cc(Br)ccc2n1)NCC.I. The quantitative estimate of drug-likeness (QED) is 0.427. The zero-order valence-corrected chi connectivity index (χ0v) is 15.5. The van der Waals surface area contributed by atoms with Crippen LogP contribution in [0.1, 0.15) is 19.5 Å². The van der Waals surface area contributed by atoms with Crippen LogP contribution in [0.3, 0.4) is 0 Å². The van der Waals surface area contributed by atoms with Crippen LogP contribution in [0.25, 0.3) is 5.65 Å². The van der Waals surface area contributed by atoms with E-state index >= 15 is 0 Å². The Morgan fingerprint density at radius 2 is 1.95 bits per heavy atom. The van der Waals surface area contributed by atoms with Crippen LogP contribution in [0, 0.1) is 0 Å². The molecule has 110 valence electrons. The number of nitrogens with zero attached hydrogens (tertiary/aromatic N) is 3. The first-order chi connectivity index (χ1) is 9.22. The second kappa shape index (κ2) is 8.46. The zero-order chi connectivity index (χ0) is 13.7. The van der Waals surface area contributed by atoms with Crippen LogP contribution in [0.15, 0.2) is 34.0 Å². The summed E-state index contributed by atoms with van der Waals surface area (Å²) >= 11 is 3.45. The highest BCUT2D eigenvalue weighted by atomic mass is 127. The highest BCUT2D eigenvalue weighted by Gasteiger charge is 2.02. The van der Waals surface area contributed by atoms with E-state index < -0.39 is 0 Å². The molecule has 2 rings (SSSR count). The molecule has 0 amide bonds. The molecule has 0 spiro atoms. The van der Waals surface area contributed by atoms with E-state index in [9.17, 15) is 0 Å². The van der Waals surface area contributed by atoms with E-state index in [0.717, 1.165) is 34.9 Å². The summed E-state index contributed by atoms with van der Waals surface area (Å²) in [6.07, 6.45) is 3.99. The first-order valence-electron chi connectivity index (χ1n) is 6.38. The lowest BCUT2D eigenvalue weighted by Crippen LogP contribution is -2.36. The Hall–Kier alpha value is -0.830. The van der Waals surface area contributed by atoms with Crippen molar-refractivity contribution < 1.29 is 0 Å². The molecule has 7 heteroatoms. The number of hydrogen-bond acceptors (Lipinski definition) is 2. The van der Waals surface area contributed by atoms with Gasteiger partial charge in [-0.1, -0.05) is 0 Å². The lowest BCUT2D eigenvalue weighted by atomic mass is 10.5. The number of aromatic nitrogens is 2. The Balaban J connectivity index is 0.00000200. The number of pyridine rings is 1. The smallest absolute Gasteiger partial charge is 0.191 e. The highest BCUT2D eigenvalue weighted by Crippen LogP contribution is 2.12. The molecule has 2 N–H and O–H groups in total. The van der Waals surface area contributed by atoms with Crippen molar-refractivity contribution in [1.29, 1.82) is 0 Å². The summed E-state index contributed by atoms with van der Waals surface area (Å²) in [5.41, 5.74) is 1.88. The van der Waals surface area contributed by atoms with E-state index in [2.05, 4.69) is 50.4 Å². The summed E-state index contributed by atoms with van der Waals surface area (Å²) in [7, 11) is 0. The molecule has 0 aliphatic heterocycles. The fourth-order valence-corrected chi connectivity index (χ4v) is 2.12. The normalized spacial score (nSPS) is 9.95. The van der Waals surface area contributed by atoms with Gasteiger partial charge in [-0.05, 0) is 41.9 Å².